The Hall–Kier alpha value is -2.30. The molecular formula is C11H11N3O2. The molecular weight excluding hydrogens is 206 g/mol. The van der Waals surface area contributed by atoms with Gasteiger partial charge < -0.3 is 15.6 Å². The van der Waals surface area contributed by atoms with Crippen LogP contribution in [0.1, 0.15) is 0 Å². The van der Waals surface area contributed by atoms with Crippen LogP contribution in [0.25, 0.3) is 10.9 Å². The number of para-hydroxylation sites is 1. The fraction of sp³-hybridized carbons (Fsp3) is 0.0909. The van der Waals surface area contributed by atoms with Crippen molar-refractivity contribution in [2.45, 2.75) is 0 Å². The van der Waals surface area contributed by atoms with Crippen molar-refractivity contribution in [2.75, 3.05) is 11.9 Å². The number of H-pyrrole nitrogens is 1. The second-order valence-electron chi connectivity index (χ2n) is 3.45. The lowest BCUT2D eigenvalue weighted by Crippen LogP contribution is -2.37. The van der Waals surface area contributed by atoms with Gasteiger partial charge in [-0.1, -0.05) is 18.2 Å². The van der Waals surface area contributed by atoms with Gasteiger partial charge in [0.15, 0.2) is 0 Å². The molecule has 5 heteroatoms. The molecule has 0 radical (unpaired) electrons. The molecule has 0 aliphatic carbocycles. The first kappa shape index (κ1) is 10.2. The number of nitrogens with two attached hydrogens (primary N) is 1. The van der Waals surface area contributed by atoms with Gasteiger partial charge in [0.25, 0.3) is 0 Å². The molecule has 0 aliphatic heterocycles. The van der Waals surface area contributed by atoms with Crippen molar-refractivity contribution in [3.05, 3.63) is 30.5 Å². The van der Waals surface area contributed by atoms with E-state index >= 15 is 0 Å². The number of amides is 2. The molecule has 3 N–H and O–H groups in total. The summed E-state index contributed by atoms with van der Waals surface area (Å²) in [5.41, 5.74) is 6.49. The maximum Gasteiger partial charge on any atom is 0.315 e. The highest BCUT2D eigenvalue weighted by Crippen LogP contribution is 2.25. The number of nitrogens with one attached hydrogen (secondary N) is 1. The number of aromatic amines is 1. The lowest BCUT2D eigenvalue weighted by molar-refractivity contribution is -0.135. The van der Waals surface area contributed by atoms with Gasteiger partial charge in [-0.2, -0.15) is 0 Å². The Kier molecular flexibility index (Phi) is 2.36. The number of benzene rings is 1. The molecule has 0 atom stereocenters. The van der Waals surface area contributed by atoms with E-state index in [2.05, 4.69) is 4.98 Å². The maximum absolute atomic E-state index is 11.4. The highest BCUT2D eigenvalue weighted by molar-refractivity contribution is 6.40. The van der Waals surface area contributed by atoms with E-state index in [1.54, 1.807) is 6.20 Å². The lowest BCUT2D eigenvalue weighted by Gasteiger charge is -2.13. The first-order valence-electron chi connectivity index (χ1n) is 4.75. The summed E-state index contributed by atoms with van der Waals surface area (Å²) in [6.07, 6.45) is 1.67. The van der Waals surface area contributed by atoms with Crippen molar-refractivity contribution >= 4 is 28.4 Å². The standard InChI is InChI=1S/C11H11N3O2/c1-14(11(16)10(12)15)9-6-13-8-5-3-2-4-7(8)9/h2-6,13H,1H3,(H2,12,15). The molecule has 0 aliphatic rings. The zero-order valence-electron chi connectivity index (χ0n) is 8.73. The van der Waals surface area contributed by atoms with E-state index in [9.17, 15) is 9.59 Å². The Balaban J connectivity index is 2.48. The van der Waals surface area contributed by atoms with Crippen molar-refractivity contribution in [1.82, 2.24) is 4.98 Å². The molecule has 0 fully saturated rings. The third-order valence-electron chi connectivity index (χ3n) is 2.44. The average Bonchev–Trinajstić information content (AvgIpc) is 2.70. The smallest absolute Gasteiger partial charge is 0.315 e. The summed E-state index contributed by atoms with van der Waals surface area (Å²) < 4.78 is 0. The third-order valence-corrected chi connectivity index (χ3v) is 2.44. The number of primary amides is 1. The lowest BCUT2D eigenvalue weighted by atomic mass is 10.2. The zero-order valence-corrected chi connectivity index (χ0v) is 8.73. The second kappa shape index (κ2) is 3.69. The molecule has 5 nitrogen and oxygen atoms in total. The Morgan fingerprint density at radius 3 is 2.69 bits per heavy atom. The minimum atomic E-state index is -0.965. The van der Waals surface area contributed by atoms with Crippen molar-refractivity contribution in [2.24, 2.45) is 5.73 Å². The molecule has 16 heavy (non-hydrogen) atoms. The predicted octanol–water partition coefficient (Wildman–Crippen LogP) is 0.616. The summed E-state index contributed by atoms with van der Waals surface area (Å²) in [5.74, 6) is -1.70. The molecule has 82 valence electrons. The predicted molar refractivity (Wildman–Crippen MR) is 60.9 cm³/mol. The molecule has 1 heterocycles. The van der Waals surface area contributed by atoms with Gasteiger partial charge in [0, 0.05) is 24.1 Å². The fourth-order valence-electron chi connectivity index (χ4n) is 1.61. The molecule has 2 aromatic rings. The van der Waals surface area contributed by atoms with Gasteiger partial charge in [-0.15, -0.1) is 0 Å². The Labute approximate surface area is 91.8 Å². The first-order chi connectivity index (χ1) is 7.61. The van der Waals surface area contributed by atoms with Crippen LogP contribution in [-0.2, 0) is 9.59 Å². The van der Waals surface area contributed by atoms with Gasteiger partial charge >= 0.3 is 11.8 Å². The summed E-state index contributed by atoms with van der Waals surface area (Å²) in [4.78, 5) is 26.5. The number of rotatable bonds is 1. The third kappa shape index (κ3) is 1.52. The van der Waals surface area contributed by atoms with Crippen LogP contribution < -0.4 is 10.6 Å². The molecule has 0 bridgehead atoms. The van der Waals surface area contributed by atoms with Gasteiger partial charge in [0.2, 0.25) is 0 Å². The molecule has 2 rings (SSSR count). The zero-order chi connectivity index (χ0) is 11.7. The van der Waals surface area contributed by atoms with E-state index in [-0.39, 0.29) is 0 Å². The average molecular weight is 217 g/mol. The normalized spacial score (nSPS) is 10.3. The first-order valence-corrected chi connectivity index (χ1v) is 4.75. The van der Waals surface area contributed by atoms with Crippen LogP contribution in [0.4, 0.5) is 5.69 Å². The van der Waals surface area contributed by atoms with Crippen molar-refractivity contribution in [3.8, 4) is 0 Å². The summed E-state index contributed by atoms with van der Waals surface area (Å²) in [6, 6.07) is 7.51. The van der Waals surface area contributed by atoms with Crippen LogP contribution in [0.3, 0.4) is 0 Å². The van der Waals surface area contributed by atoms with Crippen LogP contribution in [0, 0.1) is 0 Å². The summed E-state index contributed by atoms with van der Waals surface area (Å²) in [5, 5.41) is 0.875. The van der Waals surface area contributed by atoms with E-state index in [0.717, 1.165) is 10.9 Å². The van der Waals surface area contributed by atoms with Gasteiger partial charge in [-0.05, 0) is 6.07 Å². The van der Waals surface area contributed by atoms with Crippen LogP contribution in [0.2, 0.25) is 0 Å². The SMILES string of the molecule is CN(C(=O)C(N)=O)c1c[nH]c2ccccc12. The van der Waals surface area contributed by atoms with Gasteiger partial charge in [0.05, 0.1) is 5.69 Å². The van der Waals surface area contributed by atoms with Gasteiger partial charge in [-0.3, -0.25) is 9.59 Å². The highest BCUT2D eigenvalue weighted by Gasteiger charge is 2.18. The quantitative estimate of drug-likeness (QED) is 0.686. The van der Waals surface area contributed by atoms with Gasteiger partial charge in [0.1, 0.15) is 0 Å². The Morgan fingerprint density at radius 1 is 1.31 bits per heavy atom. The molecule has 1 aromatic heterocycles. The number of hydrogen-bond acceptors (Lipinski definition) is 2. The topological polar surface area (TPSA) is 79.2 Å². The van der Waals surface area contributed by atoms with E-state index < -0.39 is 11.8 Å². The van der Waals surface area contributed by atoms with Crippen molar-refractivity contribution < 1.29 is 9.59 Å². The summed E-state index contributed by atoms with van der Waals surface area (Å²) in [7, 11) is 1.52. The van der Waals surface area contributed by atoms with Crippen LogP contribution in [0.5, 0.6) is 0 Å². The second-order valence-corrected chi connectivity index (χ2v) is 3.45. The summed E-state index contributed by atoms with van der Waals surface area (Å²) in [6.45, 7) is 0. The maximum atomic E-state index is 11.4. The van der Waals surface area contributed by atoms with Crippen LogP contribution >= 0.6 is 0 Å². The van der Waals surface area contributed by atoms with Crippen LogP contribution in [-0.4, -0.2) is 23.8 Å². The number of anilines is 1. The van der Waals surface area contributed by atoms with E-state index in [1.807, 2.05) is 24.3 Å². The van der Waals surface area contributed by atoms with E-state index in [0.29, 0.717) is 5.69 Å². The summed E-state index contributed by atoms with van der Waals surface area (Å²) >= 11 is 0. The largest absolute Gasteiger partial charge is 0.361 e. The minimum absolute atomic E-state index is 0.638. The number of hydrogen-bond donors (Lipinski definition) is 2. The number of carbonyl (C=O) groups excluding carboxylic acids is 2. The number of fused-ring (bicyclic) bond motifs is 1. The van der Waals surface area contributed by atoms with Crippen LogP contribution in [0.15, 0.2) is 30.5 Å². The molecule has 0 unspecified atom stereocenters. The molecule has 0 saturated heterocycles. The molecule has 0 spiro atoms. The number of nitrogens with zero attached hydrogens (tertiary/aromatic N) is 1. The van der Waals surface area contributed by atoms with E-state index in [4.69, 9.17) is 5.73 Å². The molecule has 2 amide bonds. The van der Waals surface area contributed by atoms with Gasteiger partial charge in [-0.25, -0.2) is 0 Å². The van der Waals surface area contributed by atoms with E-state index in [1.165, 1.54) is 11.9 Å². The van der Waals surface area contributed by atoms with Crippen molar-refractivity contribution in [1.29, 1.82) is 0 Å². The Morgan fingerprint density at radius 2 is 2.00 bits per heavy atom. The fourth-order valence-corrected chi connectivity index (χ4v) is 1.61. The van der Waals surface area contributed by atoms with Crippen molar-refractivity contribution in [3.63, 3.8) is 0 Å². The highest BCUT2D eigenvalue weighted by atomic mass is 16.2. The number of carbonyl (C=O) groups is 2. The molecule has 1 aromatic carbocycles. The Bertz CT molecular complexity index is 559. The molecule has 0 saturated carbocycles. The monoisotopic (exact) mass is 217 g/mol. The minimum Gasteiger partial charge on any atom is -0.361 e. The number of aromatic nitrogens is 1. The number of likely N-dealkylation sites (N-methyl/N-ethyl adjacent to an activating group) is 1.